The summed E-state index contributed by atoms with van der Waals surface area (Å²) in [4.78, 5) is 25.9. The highest BCUT2D eigenvalue weighted by atomic mass is 35.5. The van der Waals surface area contributed by atoms with Gasteiger partial charge in [0, 0.05) is 16.8 Å². The zero-order chi connectivity index (χ0) is 15.0. The Morgan fingerprint density at radius 3 is 2.57 bits per heavy atom. The van der Waals surface area contributed by atoms with Crippen LogP contribution in [0.25, 0.3) is 0 Å². The first-order chi connectivity index (χ1) is 10.0. The number of carbonyl (C=O) groups excluding carboxylic acids is 2. The van der Waals surface area contributed by atoms with Crippen molar-refractivity contribution in [2.75, 3.05) is 5.32 Å². The van der Waals surface area contributed by atoms with Gasteiger partial charge in [0.15, 0.2) is 0 Å². The second-order valence-corrected chi connectivity index (χ2v) is 6.04. The highest BCUT2D eigenvalue weighted by Gasteiger charge is 2.42. The number of hydrogen-bond donors (Lipinski definition) is 1. The van der Waals surface area contributed by atoms with Gasteiger partial charge in [0.25, 0.3) is 5.91 Å². The van der Waals surface area contributed by atoms with E-state index < -0.39 is 11.9 Å². The van der Waals surface area contributed by atoms with Gasteiger partial charge in [-0.15, -0.1) is 0 Å². The van der Waals surface area contributed by atoms with E-state index in [1.165, 1.54) is 17.0 Å². The van der Waals surface area contributed by atoms with Crippen LogP contribution in [0.3, 0.4) is 0 Å². The van der Waals surface area contributed by atoms with E-state index in [0.717, 1.165) is 25.7 Å². The Morgan fingerprint density at radius 2 is 1.90 bits per heavy atom. The fourth-order valence-electron chi connectivity index (χ4n) is 3.15. The molecule has 2 amide bonds. The number of halogens is 2. The van der Waals surface area contributed by atoms with Crippen molar-refractivity contribution in [3.8, 4) is 0 Å². The number of hydrogen-bond acceptors (Lipinski definition) is 3. The van der Waals surface area contributed by atoms with Gasteiger partial charge in [-0.05, 0) is 31.0 Å². The third-order valence-electron chi connectivity index (χ3n) is 4.08. The average molecular weight is 311 g/mol. The van der Waals surface area contributed by atoms with Gasteiger partial charge in [0.05, 0.1) is 6.42 Å². The van der Waals surface area contributed by atoms with E-state index in [2.05, 4.69) is 5.32 Å². The molecule has 1 saturated heterocycles. The number of anilines is 1. The van der Waals surface area contributed by atoms with Gasteiger partial charge >= 0.3 is 0 Å². The molecule has 3 rings (SSSR count). The highest BCUT2D eigenvalue weighted by Crippen LogP contribution is 2.29. The maximum Gasteiger partial charge on any atom is 0.252 e. The van der Waals surface area contributed by atoms with Crippen molar-refractivity contribution in [3.05, 3.63) is 29.0 Å². The summed E-state index contributed by atoms with van der Waals surface area (Å²) in [7, 11) is 0. The molecule has 0 aromatic heterocycles. The van der Waals surface area contributed by atoms with Gasteiger partial charge in [-0.25, -0.2) is 4.39 Å². The average Bonchev–Trinajstić information content (AvgIpc) is 2.98. The van der Waals surface area contributed by atoms with E-state index in [4.69, 9.17) is 11.6 Å². The molecule has 21 heavy (non-hydrogen) atoms. The first-order valence-corrected chi connectivity index (χ1v) is 7.51. The van der Waals surface area contributed by atoms with E-state index >= 15 is 0 Å². The second kappa shape index (κ2) is 5.64. The Labute approximate surface area is 127 Å². The number of benzene rings is 1. The first kappa shape index (κ1) is 14.3. The lowest BCUT2D eigenvalue weighted by Gasteiger charge is -2.22. The standard InChI is InChI=1S/C15H16ClFN2O2/c16-9-5-10(17)7-11(6-9)18-13-8-14(20)19(15(13)21)12-3-1-2-4-12/h5-7,12-13,18H,1-4,8H2. The molecule has 112 valence electrons. The number of carbonyl (C=O) groups is 2. The number of nitrogens with zero attached hydrogens (tertiary/aromatic N) is 1. The van der Waals surface area contributed by atoms with E-state index in [1.807, 2.05) is 0 Å². The number of rotatable bonds is 3. The van der Waals surface area contributed by atoms with Gasteiger partial charge in [0.1, 0.15) is 11.9 Å². The molecule has 6 heteroatoms. The van der Waals surface area contributed by atoms with Crippen LogP contribution >= 0.6 is 11.6 Å². The molecular weight excluding hydrogens is 295 g/mol. The third kappa shape index (κ3) is 2.88. The van der Waals surface area contributed by atoms with E-state index in [0.29, 0.717) is 5.69 Å². The van der Waals surface area contributed by atoms with Crippen LogP contribution in [0, 0.1) is 5.82 Å². The van der Waals surface area contributed by atoms with Crippen LogP contribution < -0.4 is 5.32 Å². The van der Waals surface area contributed by atoms with Crippen molar-refractivity contribution in [1.29, 1.82) is 0 Å². The smallest absolute Gasteiger partial charge is 0.252 e. The number of nitrogens with one attached hydrogen (secondary N) is 1. The molecule has 0 bridgehead atoms. The summed E-state index contributed by atoms with van der Waals surface area (Å²) in [5.74, 6) is -0.839. The third-order valence-corrected chi connectivity index (χ3v) is 4.29. The van der Waals surface area contributed by atoms with Gasteiger partial charge in [-0.3, -0.25) is 14.5 Å². The maximum atomic E-state index is 13.3. The van der Waals surface area contributed by atoms with E-state index in [1.54, 1.807) is 6.07 Å². The van der Waals surface area contributed by atoms with Gasteiger partial charge in [-0.1, -0.05) is 24.4 Å². The molecule has 1 aromatic rings. The van der Waals surface area contributed by atoms with Crippen molar-refractivity contribution >= 4 is 29.1 Å². The Bertz CT molecular complexity index is 567. The van der Waals surface area contributed by atoms with Crippen molar-refractivity contribution in [2.45, 2.75) is 44.2 Å². The molecule has 0 radical (unpaired) electrons. The Kier molecular flexibility index (Phi) is 3.85. The molecule has 1 atom stereocenters. The molecule has 2 aliphatic rings. The van der Waals surface area contributed by atoms with Crippen LogP contribution in [0.4, 0.5) is 10.1 Å². The van der Waals surface area contributed by atoms with Crippen molar-refractivity contribution < 1.29 is 14.0 Å². The van der Waals surface area contributed by atoms with Crippen molar-refractivity contribution in [1.82, 2.24) is 4.90 Å². The minimum absolute atomic E-state index is 0.0351. The lowest BCUT2D eigenvalue weighted by molar-refractivity contribution is -0.141. The van der Waals surface area contributed by atoms with Crippen LogP contribution in [-0.2, 0) is 9.59 Å². The Balaban J connectivity index is 1.74. The van der Waals surface area contributed by atoms with Crippen LogP contribution in [0.2, 0.25) is 5.02 Å². The van der Waals surface area contributed by atoms with Gasteiger partial charge < -0.3 is 5.32 Å². The Morgan fingerprint density at radius 1 is 1.19 bits per heavy atom. The summed E-state index contributed by atoms with van der Waals surface area (Å²) in [6, 6.07) is 3.41. The van der Waals surface area contributed by atoms with Gasteiger partial charge in [-0.2, -0.15) is 0 Å². The minimum atomic E-state index is -0.629. The van der Waals surface area contributed by atoms with Crippen LogP contribution in [0.5, 0.6) is 0 Å². The lowest BCUT2D eigenvalue weighted by atomic mass is 10.2. The number of amides is 2. The fraction of sp³-hybridized carbons (Fsp3) is 0.467. The zero-order valence-corrected chi connectivity index (χ0v) is 12.2. The van der Waals surface area contributed by atoms with E-state index in [9.17, 15) is 14.0 Å². The summed E-state index contributed by atoms with van der Waals surface area (Å²) in [6.45, 7) is 0. The number of likely N-dealkylation sites (tertiary alicyclic amines) is 1. The van der Waals surface area contributed by atoms with Crippen LogP contribution in [-0.4, -0.2) is 28.8 Å². The minimum Gasteiger partial charge on any atom is -0.373 e. The molecule has 1 heterocycles. The maximum absolute atomic E-state index is 13.3. The quantitative estimate of drug-likeness (QED) is 0.873. The fourth-order valence-corrected chi connectivity index (χ4v) is 3.37. The molecular formula is C15H16ClFN2O2. The van der Waals surface area contributed by atoms with Crippen molar-refractivity contribution in [2.24, 2.45) is 0 Å². The van der Waals surface area contributed by atoms with Gasteiger partial charge in [0.2, 0.25) is 5.91 Å². The molecule has 1 aromatic carbocycles. The molecule has 2 fully saturated rings. The normalized spacial score (nSPS) is 23.1. The number of imide groups is 1. The van der Waals surface area contributed by atoms with Crippen LogP contribution in [0.1, 0.15) is 32.1 Å². The summed E-state index contributed by atoms with van der Waals surface area (Å²) >= 11 is 5.79. The molecule has 1 aliphatic heterocycles. The SMILES string of the molecule is O=C1CC(Nc2cc(F)cc(Cl)c2)C(=O)N1C1CCCC1. The molecule has 1 aliphatic carbocycles. The second-order valence-electron chi connectivity index (χ2n) is 5.60. The molecule has 1 unspecified atom stereocenters. The van der Waals surface area contributed by atoms with Crippen LogP contribution in [0.15, 0.2) is 18.2 Å². The zero-order valence-electron chi connectivity index (χ0n) is 11.4. The largest absolute Gasteiger partial charge is 0.373 e. The molecule has 1 N–H and O–H groups in total. The summed E-state index contributed by atoms with van der Waals surface area (Å²) in [5, 5.41) is 3.17. The predicted octanol–water partition coefficient (Wildman–Crippen LogP) is 2.96. The molecule has 1 saturated carbocycles. The van der Waals surface area contributed by atoms with E-state index in [-0.39, 0.29) is 29.3 Å². The highest BCUT2D eigenvalue weighted by molar-refractivity contribution is 6.30. The molecule has 0 spiro atoms. The summed E-state index contributed by atoms with van der Waals surface area (Å²) < 4.78 is 13.3. The predicted molar refractivity (Wildman–Crippen MR) is 77.5 cm³/mol. The Hall–Kier alpha value is -1.62. The molecule has 4 nitrogen and oxygen atoms in total. The topological polar surface area (TPSA) is 49.4 Å². The first-order valence-electron chi connectivity index (χ1n) is 7.13. The summed E-state index contributed by atoms with van der Waals surface area (Å²) in [6.07, 6.45) is 3.99. The lowest BCUT2D eigenvalue weighted by Crippen LogP contribution is -2.40. The summed E-state index contributed by atoms with van der Waals surface area (Å²) in [5.41, 5.74) is 0.416. The monoisotopic (exact) mass is 310 g/mol. The van der Waals surface area contributed by atoms with Crippen molar-refractivity contribution in [3.63, 3.8) is 0 Å².